The fourth-order valence-electron chi connectivity index (χ4n) is 2.25. The summed E-state index contributed by atoms with van der Waals surface area (Å²) >= 11 is 0. The first-order chi connectivity index (χ1) is 10.4. The highest BCUT2D eigenvalue weighted by molar-refractivity contribution is 5.93. The van der Waals surface area contributed by atoms with Gasteiger partial charge in [0.15, 0.2) is 0 Å². The van der Waals surface area contributed by atoms with Gasteiger partial charge in [0.2, 0.25) is 0 Å². The number of rotatable bonds is 3. The van der Waals surface area contributed by atoms with Crippen LogP contribution in [0.3, 0.4) is 0 Å². The topological polar surface area (TPSA) is 109 Å². The number of anilines is 1. The number of urea groups is 1. The van der Waals surface area contributed by atoms with Gasteiger partial charge in [-0.1, -0.05) is 0 Å². The number of ether oxygens (including phenoxy) is 1. The summed E-state index contributed by atoms with van der Waals surface area (Å²) in [6.07, 6.45) is 3.13. The van der Waals surface area contributed by atoms with E-state index in [0.717, 1.165) is 0 Å². The van der Waals surface area contributed by atoms with Crippen molar-refractivity contribution < 1.29 is 24.2 Å². The van der Waals surface area contributed by atoms with Crippen molar-refractivity contribution in [3.8, 4) is 0 Å². The quantitative estimate of drug-likeness (QED) is 0.812. The van der Waals surface area contributed by atoms with Crippen LogP contribution >= 0.6 is 0 Å². The van der Waals surface area contributed by atoms with E-state index in [4.69, 9.17) is 5.11 Å². The molecule has 2 amide bonds. The molecule has 0 aliphatic carbocycles. The average Bonchev–Trinajstić information content (AvgIpc) is 2.91. The lowest BCUT2D eigenvalue weighted by molar-refractivity contribution is -0.146. The van der Waals surface area contributed by atoms with Crippen LogP contribution in [-0.2, 0) is 9.53 Å². The molecule has 2 heterocycles. The Balaban J connectivity index is 2.04. The Morgan fingerprint density at radius 1 is 1.41 bits per heavy atom. The van der Waals surface area contributed by atoms with E-state index in [1.165, 1.54) is 30.5 Å². The van der Waals surface area contributed by atoms with Crippen LogP contribution in [0.15, 0.2) is 18.5 Å². The van der Waals surface area contributed by atoms with Crippen LogP contribution in [0.5, 0.6) is 0 Å². The summed E-state index contributed by atoms with van der Waals surface area (Å²) in [5, 5.41) is 11.8. The lowest BCUT2D eigenvalue weighted by atomic mass is 9.90. The fourth-order valence-corrected chi connectivity index (χ4v) is 2.25. The van der Waals surface area contributed by atoms with E-state index < -0.39 is 23.4 Å². The Morgan fingerprint density at radius 3 is 2.73 bits per heavy atom. The molecule has 0 saturated carbocycles. The van der Waals surface area contributed by atoms with Crippen molar-refractivity contribution in [1.82, 2.24) is 9.88 Å². The van der Waals surface area contributed by atoms with Gasteiger partial charge in [-0.15, -0.1) is 0 Å². The zero-order valence-corrected chi connectivity index (χ0v) is 12.3. The van der Waals surface area contributed by atoms with Gasteiger partial charge in [-0.3, -0.25) is 9.78 Å². The first kappa shape index (κ1) is 15.7. The zero-order chi connectivity index (χ0) is 16.3. The molecule has 0 aromatic carbocycles. The number of likely N-dealkylation sites (tertiary alicyclic amines) is 1. The molecule has 1 saturated heterocycles. The Labute approximate surface area is 127 Å². The standard InChI is InChI=1S/C14H17N3O5/c1-14(12(19)20)3-4-17(8-14)13(21)16-10-5-9(6-15-7-10)11(18)22-2/h5-7H,3-4,8H2,1-2H3,(H,16,21)(H,19,20). The SMILES string of the molecule is COC(=O)c1cncc(NC(=O)N2CCC(C)(C(=O)O)C2)c1. The molecule has 1 atom stereocenters. The van der Waals surface area contributed by atoms with Crippen LogP contribution in [0.4, 0.5) is 10.5 Å². The Hall–Kier alpha value is -2.64. The van der Waals surface area contributed by atoms with Crippen molar-refractivity contribution in [1.29, 1.82) is 0 Å². The number of esters is 1. The van der Waals surface area contributed by atoms with Gasteiger partial charge >= 0.3 is 18.0 Å². The number of nitrogens with one attached hydrogen (secondary N) is 1. The summed E-state index contributed by atoms with van der Waals surface area (Å²) in [7, 11) is 1.25. The van der Waals surface area contributed by atoms with E-state index in [2.05, 4.69) is 15.0 Å². The van der Waals surface area contributed by atoms with Crippen LogP contribution in [0.1, 0.15) is 23.7 Å². The predicted octanol–water partition coefficient (Wildman–Crippen LogP) is 1.20. The Bertz CT molecular complexity index is 618. The number of methoxy groups -OCH3 is 1. The normalized spacial score (nSPS) is 20.5. The highest BCUT2D eigenvalue weighted by atomic mass is 16.5. The fraction of sp³-hybridized carbons (Fsp3) is 0.429. The number of aliphatic carboxylic acids is 1. The van der Waals surface area contributed by atoms with E-state index in [0.29, 0.717) is 18.7 Å². The van der Waals surface area contributed by atoms with Gasteiger partial charge in [-0.2, -0.15) is 0 Å². The van der Waals surface area contributed by atoms with Crippen molar-refractivity contribution >= 4 is 23.7 Å². The van der Waals surface area contributed by atoms with E-state index in [1.807, 2.05) is 0 Å². The molecular formula is C14H17N3O5. The summed E-state index contributed by atoms with van der Waals surface area (Å²) in [5.41, 5.74) is -0.363. The second-order valence-corrected chi connectivity index (χ2v) is 5.42. The molecule has 2 N–H and O–H groups in total. The van der Waals surface area contributed by atoms with E-state index in [9.17, 15) is 14.4 Å². The first-order valence-corrected chi connectivity index (χ1v) is 6.68. The number of carbonyl (C=O) groups excluding carboxylic acids is 2. The van der Waals surface area contributed by atoms with Crippen LogP contribution in [-0.4, -0.2) is 53.2 Å². The van der Waals surface area contributed by atoms with Crippen molar-refractivity contribution in [2.45, 2.75) is 13.3 Å². The number of carboxylic acids is 1. The van der Waals surface area contributed by atoms with Crippen LogP contribution in [0, 0.1) is 5.41 Å². The molecule has 8 heteroatoms. The van der Waals surface area contributed by atoms with Gasteiger partial charge in [0.1, 0.15) is 0 Å². The molecule has 2 rings (SSSR count). The van der Waals surface area contributed by atoms with Gasteiger partial charge in [0, 0.05) is 19.3 Å². The van der Waals surface area contributed by atoms with E-state index in [1.54, 1.807) is 6.92 Å². The number of hydrogen-bond donors (Lipinski definition) is 2. The van der Waals surface area contributed by atoms with Crippen molar-refractivity contribution in [2.75, 3.05) is 25.5 Å². The number of carbonyl (C=O) groups is 3. The first-order valence-electron chi connectivity index (χ1n) is 6.68. The van der Waals surface area contributed by atoms with E-state index in [-0.39, 0.29) is 12.1 Å². The number of amides is 2. The number of carboxylic acid groups (broad SMARTS) is 1. The molecule has 22 heavy (non-hydrogen) atoms. The third kappa shape index (κ3) is 3.16. The van der Waals surface area contributed by atoms with Crippen LogP contribution in [0.2, 0.25) is 0 Å². The second-order valence-electron chi connectivity index (χ2n) is 5.42. The molecule has 1 aromatic heterocycles. The van der Waals surface area contributed by atoms with Crippen LogP contribution < -0.4 is 5.32 Å². The summed E-state index contributed by atoms with van der Waals surface area (Å²) in [6, 6.07) is 1.03. The smallest absolute Gasteiger partial charge is 0.339 e. The van der Waals surface area contributed by atoms with E-state index >= 15 is 0 Å². The van der Waals surface area contributed by atoms with Gasteiger partial charge < -0.3 is 20.1 Å². The Morgan fingerprint density at radius 2 is 2.14 bits per heavy atom. The van der Waals surface area contributed by atoms with Gasteiger partial charge in [-0.05, 0) is 19.4 Å². The molecular weight excluding hydrogens is 290 g/mol. The zero-order valence-electron chi connectivity index (χ0n) is 12.3. The number of pyridine rings is 1. The third-order valence-corrected chi connectivity index (χ3v) is 3.69. The molecule has 1 aromatic rings. The van der Waals surface area contributed by atoms with Gasteiger partial charge in [-0.25, -0.2) is 9.59 Å². The maximum atomic E-state index is 12.2. The van der Waals surface area contributed by atoms with Gasteiger partial charge in [0.25, 0.3) is 0 Å². The largest absolute Gasteiger partial charge is 0.481 e. The average molecular weight is 307 g/mol. The van der Waals surface area contributed by atoms with Gasteiger partial charge in [0.05, 0.1) is 30.0 Å². The monoisotopic (exact) mass is 307 g/mol. The number of hydrogen-bond acceptors (Lipinski definition) is 5. The van der Waals surface area contributed by atoms with Crippen molar-refractivity contribution in [3.05, 3.63) is 24.0 Å². The minimum absolute atomic E-state index is 0.137. The summed E-state index contributed by atoms with van der Waals surface area (Å²) in [4.78, 5) is 40.0. The summed E-state index contributed by atoms with van der Waals surface area (Å²) in [5.74, 6) is -1.47. The highest BCUT2D eigenvalue weighted by Crippen LogP contribution is 2.30. The van der Waals surface area contributed by atoms with Crippen molar-refractivity contribution in [3.63, 3.8) is 0 Å². The molecule has 1 aliphatic heterocycles. The molecule has 0 radical (unpaired) electrons. The summed E-state index contributed by atoms with van der Waals surface area (Å²) < 4.78 is 4.58. The van der Waals surface area contributed by atoms with Crippen LogP contribution in [0.25, 0.3) is 0 Å². The predicted molar refractivity (Wildman–Crippen MR) is 76.5 cm³/mol. The maximum Gasteiger partial charge on any atom is 0.339 e. The molecule has 118 valence electrons. The minimum Gasteiger partial charge on any atom is -0.481 e. The molecule has 0 bridgehead atoms. The number of nitrogens with zero attached hydrogens (tertiary/aromatic N) is 2. The molecule has 1 unspecified atom stereocenters. The molecule has 1 fully saturated rings. The lowest BCUT2D eigenvalue weighted by Crippen LogP contribution is -2.37. The molecule has 1 aliphatic rings. The van der Waals surface area contributed by atoms with Crippen molar-refractivity contribution in [2.24, 2.45) is 5.41 Å². The number of aromatic nitrogens is 1. The molecule has 8 nitrogen and oxygen atoms in total. The Kier molecular flexibility index (Phi) is 4.30. The highest BCUT2D eigenvalue weighted by Gasteiger charge is 2.42. The lowest BCUT2D eigenvalue weighted by Gasteiger charge is -2.20. The maximum absolute atomic E-state index is 12.2. The minimum atomic E-state index is -0.927. The molecule has 0 spiro atoms. The third-order valence-electron chi connectivity index (χ3n) is 3.69. The summed E-state index contributed by atoms with van der Waals surface area (Å²) in [6.45, 7) is 2.11. The second kappa shape index (κ2) is 6.00.